The average Bonchev–Trinajstić information content (AvgIpc) is 2.98. The zero-order valence-corrected chi connectivity index (χ0v) is 15.6. The van der Waals surface area contributed by atoms with Gasteiger partial charge in [-0.3, -0.25) is 14.4 Å². The number of carbonyl (C=O) groups excluding carboxylic acids is 3. The highest BCUT2D eigenvalue weighted by atomic mass is 32.2. The minimum absolute atomic E-state index is 0.00670. The molecule has 0 aromatic heterocycles. The molecule has 1 aromatic rings. The van der Waals surface area contributed by atoms with Crippen LogP contribution in [-0.4, -0.2) is 47.5 Å². The molecular weight excluding hydrogens is 340 g/mol. The number of nitrogens with one attached hydrogen (secondary N) is 1. The fraction of sp³-hybridized carbons (Fsp3) is 0.500. The maximum Gasteiger partial charge on any atom is 0.308 e. The number of hydrogen-bond donors (Lipinski definition) is 1. The lowest BCUT2D eigenvalue weighted by atomic mass is 10.0. The normalized spacial score (nSPS) is 15.2. The molecule has 0 radical (unpaired) electrons. The molecule has 1 saturated heterocycles. The molecule has 1 heterocycles. The Kier molecular flexibility index (Phi) is 6.87. The Bertz CT molecular complexity index is 662. The average molecular weight is 364 g/mol. The van der Waals surface area contributed by atoms with Gasteiger partial charge in [0.25, 0.3) is 11.1 Å². The van der Waals surface area contributed by atoms with Crippen LogP contribution >= 0.6 is 11.8 Å². The van der Waals surface area contributed by atoms with Gasteiger partial charge in [-0.2, -0.15) is 0 Å². The predicted molar refractivity (Wildman–Crippen MR) is 97.5 cm³/mol. The lowest BCUT2D eigenvalue weighted by Crippen LogP contribution is -2.32. The maximum absolute atomic E-state index is 11.9. The summed E-state index contributed by atoms with van der Waals surface area (Å²) < 4.78 is 4.98. The molecule has 2 amide bonds. The van der Waals surface area contributed by atoms with Crippen molar-refractivity contribution in [3.63, 3.8) is 0 Å². The summed E-state index contributed by atoms with van der Waals surface area (Å²) in [6, 6.07) is 5.87. The largest absolute Gasteiger partial charge is 0.456 e. The monoisotopic (exact) mass is 364 g/mol. The second kappa shape index (κ2) is 8.89. The quantitative estimate of drug-likeness (QED) is 0.753. The van der Waals surface area contributed by atoms with Gasteiger partial charge in [-0.25, -0.2) is 0 Å². The summed E-state index contributed by atoms with van der Waals surface area (Å²) in [5, 5.41) is 2.81. The molecule has 2 rings (SSSR count). The molecule has 1 aliphatic heterocycles. The molecule has 1 fully saturated rings. The molecule has 0 saturated carbocycles. The van der Waals surface area contributed by atoms with Gasteiger partial charge in [-0.15, -0.1) is 0 Å². The summed E-state index contributed by atoms with van der Waals surface area (Å²) >= 11 is 1.25. The van der Waals surface area contributed by atoms with Crippen molar-refractivity contribution in [2.75, 3.05) is 25.4 Å². The van der Waals surface area contributed by atoms with E-state index in [0.717, 1.165) is 11.3 Å². The van der Waals surface area contributed by atoms with Crippen molar-refractivity contribution in [1.82, 2.24) is 10.2 Å². The van der Waals surface area contributed by atoms with Crippen LogP contribution in [0.5, 0.6) is 0 Å². The van der Waals surface area contributed by atoms with E-state index in [1.165, 1.54) is 22.9 Å². The third-order valence-corrected chi connectivity index (χ3v) is 5.10. The molecule has 25 heavy (non-hydrogen) atoms. The van der Waals surface area contributed by atoms with Gasteiger partial charge < -0.3 is 15.0 Å². The summed E-state index contributed by atoms with van der Waals surface area (Å²) in [7, 11) is 0. The van der Waals surface area contributed by atoms with E-state index in [9.17, 15) is 14.4 Å². The van der Waals surface area contributed by atoms with E-state index in [2.05, 4.69) is 5.32 Å². The number of thioether (sulfide) groups is 1. The van der Waals surface area contributed by atoms with Crippen LogP contribution in [0.2, 0.25) is 0 Å². The number of benzene rings is 1. The Morgan fingerprint density at radius 1 is 1.32 bits per heavy atom. The van der Waals surface area contributed by atoms with Crippen molar-refractivity contribution in [2.24, 2.45) is 0 Å². The molecule has 7 heteroatoms. The molecule has 0 bridgehead atoms. The minimum Gasteiger partial charge on any atom is -0.456 e. The van der Waals surface area contributed by atoms with E-state index in [1.807, 2.05) is 39.0 Å². The predicted octanol–water partition coefficient (Wildman–Crippen LogP) is 2.58. The summed E-state index contributed by atoms with van der Waals surface area (Å²) in [4.78, 5) is 36.7. The van der Waals surface area contributed by atoms with E-state index < -0.39 is 5.97 Å². The number of rotatable bonds is 7. The van der Waals surface area contributed by atoms with E-state index in [4.69, 9.17) is 4.74 Å². The third kappa shape index (κ3) is 5.77. The van der Waals surface area contributed by atoms with Crippen molar-refractivity contribution in [1.29, 1.82) is 0 Å². The Labute approximate surface area is 152 Å². The Morgan fingerprint density at radius 3 is 2.72 bits per heavy atom. The summed E-state index contributed by atoms with van der Waals surface area (Å²) in [6.45, 7) is 6.64. The molecule has 0 spiro atoms. The molecule has 1 N–H and O–H groups in total. The number of carbonyl (C=O) groups is 3. The first-order valence-corrected chi connectivity index (χ1v) is 9.29. The number of aryl methyl sites for hydroxylation is 2. The zero-order chi connectivity index (χ0) is 18.4. The van der Waals surface area contributed by atoms with Gasteiger partial charge >= 0.3 is 5.97 Å². The minimum atomic E-state index is -0.473. The van der Waals surface area contributed by atoms with Crippen LogP contribution in [0.15, 0.2) is 18.2 Å². The van der Waals surface area contributed by atoms with Gasteiger partial charge in [0.1, 0.15) is 0 Å². The highest BCUT2D eigenvalue weighted by Gasteiger charge is 2.22. The molecule has 1 atom stereocenters. The second-order valence-electron chi connectivity index (χ2n) is 6.14. The standard InChI is InChI=1S/C18H24N2O4S/c1-12-4-5-15(10-13(12)2)14(3)19-16(21)11-24-17(22)6-7-20-8-9-25-18(20)23/h4-5,10,14H,6-9,11H2,1-3H3,(H,19,21). The van der Waals surface area contributed by atoms with Gasteiger partial charge in [-0.05, 0) is 37.5 Å². The van der Waals surface area contributed by atoms with E-state index in [-0.39, 0.29) is 30.2 Å². The van der Waals surface area contributed by atoms with Gasteiger partial charge in [0.15, 0.2) is 6.61 Å². The number of hydrogen-bond acceptors (Lipinski definition) is 5. The first-order chi connectivity index (χ1) is 11.9. The van der Waals surface area contributed by atoms with Crippen LogP contribution in [0.1, 0.15) is 36.1 Å². The Morgan fingerprint density at radius 2 is 2.08 bits per heavy atom. The maximum atomic E-state index is 11.9. The van der Waals surface area contributed by atoms with Crippen molar-refractivity contribution in [3.05, 3.63) is 34.9 Å². The number of amides is 2. The van der Waals surface area contributed by atoms with Crippen molar-refractivity contribution in [3.8, 4) is 0 Å². The lowest BCUT2D eigenvalue weighted by Gasteiger charge is -2.16. The summed E-state index contributed by atoms with van der Waals surface area (Å²) in [6.07, 6.45) is 0.103. The fourth-order valence-electron chi connectivity index (χ4n) is 2.47. The second-order valence-corrected chi connectivity index (χ2v) is 7.19. The molecule has 6 nitrogen and oxygen atoms in total. The van der Waals surface area contributed by atoms with Crippen LogP contribution in [0.4, 0.5) is 4.79 Å². The van der Waals surface area contributed by atoms with Gasteiger partial charge in [0.2, 0.25) is 0 Å². The van der Waals surface area contributed by atoms with Gasteiger partial charge in [0, 0.05) is 18.8 Å². The van der Waals surface area contributed by atoms with Gasteiger partial charge in [-0.1, -0.05) is 30.0 Å². The first kappa shape index (κ1) is 19.3. The number of nitrogens with zero attached hydrogens (tertiary/aromatic N) is 1. The van der Waals surface area contributed by atoms with Crippen molar-refractivity contribution >= 4 is 28.9 Å². The topological polar surface area (TPSA) is 75.7 Å². The summed E-state index contributed by atoms with van der Waals surface area (Å²) in [5.41, 5.74) is 3.37. The molecule has 1 unspecified atom stereocenters. The Hall–Kier alpha value is -2.02. The molecule has 1 aromatic carbocycles. The fourth-order valence-corrected chi connectivity index (χ4v) is 3.33. The lowest BCUT2D eigenvalue weighted by molar-refractivity contribution is -0.148. The van der Waals surface area contributed by atoms with Crippen LogP contribution in [0.25, 0.3) is 0 Å². The Balaban J connectivity index is 1.71. The zero-order valence-electron chi connectivity index (χ0n) is 14.8. The first-order valence-electron chi connectivity index (χ1n) is 8.30. The van der Waals surface area contributed by atoms with E-state index >= 15 is 0 Å². The highest BCUT2D eigenvalue weighted by Crippen LogP contribution is 2.18. The van der Waals surface area contributed by atoms with Crippen molar-refractivity contribution in [2.45, 2.75) is 33.2 Å². The molecule has 136 valence electrons. The van der Waals surface area contributed by atoms with E-state index in [1.54, 1.807) is 4.90 Å². The molecular formula is C18H24N2O4S. The van der Waals surface area contributed by atoms with Gasteiger partial charge in [0.05, 0.1) is 12.5 Å². The van der Waals surface area contributed by atoms with Crippen LogP contribution in [0.3, 0.4) is 0 Å². The smallest absolute Gasteiger partial charge is 0.308 e. The highest BCUT2D eigenvalue weighted by molar-refractivity contribution is 8.13. The van der Waals surface area contributed by atoms with Crippen LogP contribution in [0, 0.1) is 13.8 Å². The van der Waals surface area contributed by atoms with E-state index in [0.29, 0.717) is 13.1 Å². The SMILES string of the molecule is Cc1ccc(C(C)NC(=O)COC(=O)CCN2CCSC2=O)cc1C. The molecule has 1 aliphatic rings. The van der Waals surface area contributed by atoms with Crippen molar-refractivity contribution < 1.29 is 19.1 Å². The van der Waals surface area contributed by atoms with Crippen LogP contribution in [-0.2, 0) is 14.3 Å². The summed E-state index contributed by atoms with van der Waals surface area (Å²) in [5.74, 6) is -0.0577. The third-order valence-electron chi connectivity index (χ3n) is 4.20. The number of ether oxygens (including phenoxy) is 1. The number of esters is 1. The van der Waals surface area contributed by atoms with Crippen LogP contribution < -0.4 is 5.32 Å². The molecule has 0 aliphatic carbocycles.